The minimum absolute atomic E-state index is 0.0441. The highest BCUT2D eigenvalue weighted by atomic mass is 35.5. The van der Waals surface area contributed by atoms with Crippen LogP contribution in [0.15, 0.2) is 30.3 Å². The molecule has 0 atom stereocenters. The summed E-state index contributed by atoms with van der Waals surface area (Å²) in [5.74, 6) is -1.50. The van der Waals surface area contributed by atoms with E-state index in [9.17, 15) is 8.78 Å². The van der Waals surface area contributed by atoms with Gasteiger partial charge in [0.25, 0.3) is 0 Å². The zero-order valence-corrected chi connectivity index (χ0v) is 11.4. The molecule has 2 nitrogen and oxygen atoms in total. The number of aryl methyl sites for hydroxylation is 1. The maximum atomic E-state index is 13.7. The zero-order chi connectivity index (χ0) is 14.7. The first-order valence-corrected chi connectivity index (χ1v) is 6.27. The summed E-state index contributed by atoms with van der Waals surface area (Å²) >= 11 is 6.00. The van der Waals surface area contributed by atoms with Crippen LogP contribution in [0.1, 0.15) is 16.7 Å². The summed E-state index contributed by atoms with van der Waals surface area (Å²) in [4.78, 5) is 0. The molecule has 0 amide bonds. The number of hydrogen-bond acceptors (Lipinski definition) is 2. The summed E-state index contributed by atoms with van der Waals surface area (Å²) in [5, 5.41) is 12.0. The number of nitrogens with one attached hydrogen (secondary N) is 1. The Bertz CT molecular complexity index is 670. The van der Waals surface area contributed by atoms with E-state index in [0.29, 0.717) is 10.7 Å². The first-order chi connectivity index (χ1) is 9.51. The molecule has 0 fully saturated rings. The van der Waals surface area contributed by atoms with Crippen molar-refractivity contribution in [3.05, 3.63) is 63.7 Å². The molecule has 5 heteroatoms. The van der Waals surface area contributed by atoms with E-state index >= 15 is 0 Å². The lowest BCUT2D eigenvalue weighted by molar-refractivity contribution is 0.559. The molecule has 0 aliphatic heterocycles. The molecule has 0 aliphatic rings. The summed E-state index contributed by atoms with van der Waals surface area (Å²) in [6, 6.07) is 9.08. The molecule has 0 unspecified atom stereocenters. The lowest BCUT2D eigenvalue weighted by atomic mass is 10.1. The molecule has 0 aromatic heterocycles. The average molecular weight is 293 g/mol. The highest BCUT2D eigenvalue weighted by molar-refractivity contribution is 6.33. The van der Waals surface area contributed by atoms with E-state index in [1.165, 1.54) is 0 Å². The molecule has 2 aromatic carbocycles. The van der Waals surface area contributed by atoms with Gasteiger partial charge in [-0.3, -0.25) is 0 Å². The quantitative estimate of drug-likeness (QED) is 0.909. The van der Waals surface area contributed by atoms with Gasteiger partial charge in [-0.1, -0.05) is 17.7 Å². The van der Waals surface area contributed by atoms with Gasteiger partial charge in [-0.2, -0.15) is 5.26 Å². The maximum absolute atomic E-state index is 13.7. The van der Waals surface area contributed by atoms with Gasteiger partial charge in [0.2, 0.25) is 0 Å². The average Bonchev–Trinajstić information content (AvgIpc) is 2.41. The SMILES string of the molecule is Cc1ccc(Cl)c(NCc2c(F)cc(C#N)cc2F)c1. The third-order valence-corrected chi connectivity index (χ3v) is 3.18. The van der Waals surface area contributed by atoms with Crippen molar-refractivity contribution in [2.75, 3.05) is 5.32 Å². The molecule has 2 aromatic rings. The first-order valence-electron chi connectivity index (χ1n) is 5.89. The fourth-order valence-corrected chi connectivity index (χ4v) is 1.98. The molecule has 0 bridgehead atoms. The second kappa shape index (κ2) is 5.89. The van der Waals surface area contributed by atoms with E-state index in [2.05, 4.69) is 5.32 Å². The van der Waals surface area contributed by atoms with E-state index in [-0.39, 0.29) is 17.7 Å². The van der Waals surface area contributed by atoms with Crippen molar-refractivity contribution in [1.82, 2.24) is 0 Å². The Morgan fingerprint density at radius 3 is 2.45 bits per heavy atom. The lowest BCUT2D eigenvalue weighted by Crippen LogP contribution is -2.06. The molecular formula is C15H11ClF2N2. The van der Waals surface area contributed by atoms with Gasteiger partial charge in [0, 0.05) is 12.1 Å². The van der Waals surface area contributed by atoms with E-state index in [4.69, 9.17) is 16.9 Å². The van der Waals surface area contributed by atoms with Gasteiger partial charge < -0.3 is 5.32 Å². The van der Waals surface area contributed by atoms with E-state index in [0.717, 1.165) is 17.7 Å². The van der Waals surface area contributed by atoms with Crippen molar-refractivity contribution < 1.29 is 8.78 Å². The third-order valence-electron chi connectivity index (χ3n) is 2.85. The standard InChI is InChI=1S/C15H11ClF2N2/c1-9-2-3-12(16)15(4-9)20-8-11-13(17)5-10(7-19)6-14(11)18/h2-6,20H,8H2,1H3. The second-order valence-electron chi connectivity index (χ2n) is 4.37. The lowest BCUT2D eigenvalue weighted by Gasteiger charge is -2.11. The van der Waals surface area contributed by atoms with Crippen molar-refractivity contribution in [3.8, 4) is 6.07 Å². The van der Waals surface area contributed by atoms with Crippen molar-refractivity contribution in [1.29, 1.82) is 5.26 Å². The number of nitrogens with zero attached hydrogens (tertiary/aromatic N) is 1. The Morgan fingerprint density at radius 2 is 1.85 bits per heavy atom. The Labute approximate surface area is 120 Å². The monoisotopic (exact) mass is 292 g/mol. The predicted molar refractivity (Wildman–Crippen MR) is 74.6 cm³/mol. The van der Waals surface area contributed by atoms with Crippen LogP contribution in [-0.4, -0.2) is 0 Å². The van der Waals surface area contributed by atoms with Crippen LogP contribution in [0.2, 0.25) is 5.02 Å². The zero-order valence-electron chi connectivity index (χ0n) is 10.7. The maximum Gasteiger partial charge on any atom is 0.132 e. The molecule has 0 aliphatic carbocycles. The number of halogens is 3. The second-order valence-corrected chi connectivity index (χ2v) is 4.77. The van der Waals surface area contributed by atoms with E-state index < -0.39 is 11.6 Å². The van der Waals surface area contributed by atoms with Crippen molar-refractivity contribution in [3.63, 3.8) is 0 Å². The minimum atomic E-state index is -0.752. The molecule has 0 saturated heterocycles. The highest BCUT2D eigenvalue weighted by Crippen LogP contribution is 2.24. The Kier molecular flexibility index (Phi) is 4.21. The van der Waals surface area contributed by atoms with Gasteiger partial charge in [0.05, 0.1) is 22.3 Å². The first kappa shape index (κ1) is 14.3. The van der Waals surface area contributed by atoms with Crippen molar-refractivity contribution in [2.45, 2.75) is 13.5 Å². The van der Waals surface area contributed by atoms with Crippen LogP contribution >= 0.6 is 11.6 Å². The van der Waals surface area contributed by atoms with Gasteiger partial charge >= 0.3 is 0 Å². The van der Waals surface area contributed by atoms with E-state index in [1.807, 2.05) is 13.0 Å². The molecule has 0 heterocycles. The Morgan fingerprint density at radius 1 is 1.20 bits per heavy atom. The van der Waals surface area contributed by atoms with Gasteiger partial charge in [-0.05, 0) is 36.8 Å². The van der Waals surface area contributed by atoms with Crippen LogP contribution in [0.25, 0.3) is 0 Å². The Hall–Kier alpha value is -2.12. The largest absolute Gasteiger partial charge is 0.380 e. The topological polar surface area (TPSA) is 35.8 Å². The number of rotatable bonds is 3. The number of benzene rings is 2. The van der Waals surface area contributed by atoms with Gasteiger partial charge in [-0.25, -0.2) is 8.78 Å². The van der Waals surface area contributed by atoms with Crippen molar-refractivity contribution in [2.24, 2.45) is 0 Å². The smallest absolute Gasteiger partial charge is 0.132 e. The summed E-state index contributed by atoms with van der Waals surface area (Å²) in [6.07, 6.45) is 0. The fourth-order valence-electron chi connectivity index (χ4n) is 1.79. The van der Waals surface area contributed by atoms with E-state index in [1.54, 1.807) is 18.2 Å². The molecule has 20 heavy (non-hydrogen) atoms. The van der Waals surface area contributed by atoms with Crippen LogP contribution in [0, 0.1) is 29.9 Å². The van der Waals surface area contributed by atoms with Crippen LogP contribution < -0.4 is 5.32 Å². The molecular weight excluding hydrogens is 282 g/mol. The van der Waals surface area contributed by atoms with Gasteiger partial charge in [0.1, 0.15) is 11.6 Å². The molecule has 0 radical (unpaired) electrons. The Balaban J connectivity index is 2.23. The third kappa shape index (κ3) is 3.06. The summed E-state index contributed by atoms with van der Waals surface area (Å²) in [7, 11) is 0. The van der Waals surface area contributed by atoms with Crippen LogP contribution in [0.4, 0.5) is 14.5 Å². The van der Waals surface area contributed by atoms with Gasteiger partial charge in [0.15, 0.2) is 0 Å². The molecule has 102 valence electrons. The van der Waals surface area contributed by atoms with Crippen molar-refractivity contribution >= 4 is 17.3 Å². The van der Waals surface area contributed by atoms with Crippen LogP contribution in [0.3, 0.4) is 0 Å². The highest BCUT2D eigenvalue weighted by Gasteiger charge is 2.11. The fraction of sp³-hybridized carbons (Fsp3) is 0.133. The molecule has 1 N–H and O–H groups in total. The number of anilines is 1. The van der Waals surface area contributed by atoms with Crippen LogP contribution in [-0.2, 0) is 6.54 Å². The molecule has 0 spiro atoms. The minimum Gasteiger partial charge on any atom is -0.380 e. The van der Waals surface area contributed by atoms with Gasteiger partial charge in [-0.15, -0.1) is 0 Å². The summed E-state index contributed by atoms with van der Waals surface area (Å²) in [5.41, 5.74) is 1.42. The number of nitriles is 1. The van der Waals surface area contributed by atoms with Crippen LogP contribution in [0.5, 0.6) is 0 Å². The normalized spacial score (nSPS) is 10.2. The number of hydrogen-bond donors (Lipinski definition) is 1. The summed E-state index contributed by atoms with van der Waals surface area (Å²) in [6.45, 7) is 1.84. The predicted octanol–water partition coefficient (Wildman–Crippen LogP) is 4.41. The molecule has 0 saturated carbocycles. The summed E-state index contributed by atoms with van der Waals surface area (Å²) < 4.78 is 27.4. The molecule has 2 rings (SSSR count).